The van der Waals surface area contributed by atoms with Crippen molar-refractivity contribution in [2.75, 3.05) is 18.1 Å². The van der Waals surface area contributed by atoms with E-state index in [2.05, 4.69) is 5.32 Å². The van der Waals surface area contributed by atoms with E-state index in [1.165, 1.54) is 23.4 Å². The molecule has 2 heterocycles. The van der Waals surface area contributed by atoms with Crippen LogP contribution >= 0.6 is 11.8 Å². The molecule has 2 amide bonds. The van der Waals surface area contributed by atoms with Crippen molar-refractivity contribution >= 4 is 29.3 Å². The highest BCUT2D eigenvalue weighted by Crippen LogP contribution is 2.42. The smallest absolute Gasteiger partial charge is 0.265 e. The minimum atomic E-state index is -0.321. The third kappa shape index (κ3) is 5.05. The number of nitrogens with zero attached hydrogens (tertiary/aromatic N) is 1. The SMILES string of the molecule is Cc1ccc(CN2C(=O)/C(=C/C(=O)NC(C)c3ccc4c(c3)OCCO4)Sc3ccccc32)cc1. The van der Waals surface area contributed by atoms with E-state index in [-0.39, 0.29) is 17.9 Å². The number of benzene rings is 3. The van der Waals surface area contributed by atoms with Gasteiger partial charge in [-0.3, -0.25) is 9.59 Å². The van der Waals surface area contributed by atoms with Gasteiger partial charge in [-0.25, -0.2) is 0 Å². The first-order valence-electron chi connectivity index (χ1n) is 11.5. The molecule has 3 aromatic carbocycles. The first-order chi connectivity index (χ1) is 17.0. The molecule has 0 bridgehead atoms. The van der Waals surface area contributed by atoms with E-state index in [1.54, 1.807) is 4.90 Å². The van der Waals surface area contributed by atoms with Gasteiger partial charge in [-0.1, -0.05) is 59.8 Å². The summed E-state index contributed by atoms with van der Waals surface area (Å²) >= 11 is 1.32. The van der Waals surface area contributed by atoms with Crippen molar-refractivity contribution in [1.29, 1.82) is 0 Å². The molecule has 1 N–H and O–H groups in total. The summed E-state index contributed by atoms with van der Waals surface area (Å²) < 4.78 is 11.2. The molecule has 3 aromatic rings. The Hall–Kier alpha value is -3.71. The number of hydrogen-bond acceptors (Lipinski definition) is 5. The molecule has 0 aliphatic carbocycles. The molecule has 6 nitrogen and oxygen atoms in total. The van der Waals surface area contributed by atoms with Gasteiger partial charge < -0.3 is 19.7 Å². The average Bonchev–Trinajstić information content (AvgIpc) is 2.87. The minimum Gasteiger partial charge on any atom is -0.486 e. The standard InChI is InChI=1S/C28H26N2O4S/c1-18-7-9-20(10-8-18)17-30-22-5-3-4-6-25(22)35-26(28(30)32)16-27(31)29-19(2)21-11-12-23-24(15-21)34-14-13-33-23/h3-12,15-16,19H,13-14,17H2,1-2H3,(H,29,31)/b26-16-. The first kappa shape index (κ1) is 23.1. The number of hydrogen-bond donors (Lipinski definition) is 1. The second-order valence-electron chi connectivity index (χ2n) is 8.59. The molecule has 35 heavy (non-hydrogen) atoms. The lowest BCUT2D eigenvalue weighted by Crippen LogP contribution is -2.34. The molecule has 7 heteroatoms. The van der Waals surface area contributed by atoms with Crippen LogP contribution in [0.3, 0.4) is 0 Å². The maximum Gasteiger partial charge on any atom is 0.265 e. The van der Waals surface area contributed by atoms with Crippen molar-refractivity contribution in [1.82, 2.24) is 5.32 Å². The van der Waals surface area contributed by atoms with Gasteiger partial charge >= 0.3 is 0 Å². The summed E-state index contributed by atoms with van der Waals surface area (Å²) in [5.74, 6) is 0.876. The number of ether oxygens (including phenoxy) is 2. The highest BCUT2D eigenvalue weighted by molar-refractivity contribution is 8.04. The highest BCUT2D eigenvalue weighted by Gasteiger charge is 2.30. The van der Waals surface area contributed by atoms with Gasteiger partial charge in [-0.2, -0.15) is 0 Å². The van der Waals surface area contributed by atoms with Crippen LogP contribution in [0.1, 0.15) is 29.7 Å². The number of carbonyl (C=O) groups excluding carboxylic acids is 2. The van der Waals surface area contributed by atoms with E-state index in [4.69, 9.17) is 9.47 Å². The Labute approximate surface area is 208 Å². The Balaban J connectivity index is 1.35. The van der Waals surface area contributed by atoms with Gasteiger partial charge in [0.25, 0.3) is 5.91 Å². The van der Waals surface area contributed by atoms with E-state index >= 15 is 0 Å². The van der Waals surface area contributed by atoms with E-state index < -0.39 is 0 Å². The molecule has 0 saturated carbocycles. The van der Waals surface area contributed by atoms with Gasteiger partial charge in [-0.05, 0) is 49.2 Å². The maximum atomic E-state index is 13.4. The molecule has 1 unspecified atom stereocenters. The Bertz CT molecular complexity index is 1300. The van der Waals surface area contributed by atoms with Crippen LogP contribution in [0.25, 0.3) is 0 Å². The van der Waals surface area contributed by atoms with Crippen LogP contribution < -0.4 is 19.7 Å². The summed E-state index contributed by atoms with van der Waals surface area (Å²) in [5, 5.41) is 2.97. The summed E-state index contributed by atoms with van der Waals surface area (Å²) in [6.07, 6.45) is 1.40. The zero-order valence-corrected chi connectivity index (χ0v) is 20.4. The summed E-state index contributed by atoms with van der Waals surface area (Å²) in [7, 11) is 0. The lowest BCUT2D eigenvalue weighted by atomic mass is 10.1. The predicted octanol–water partition coefficient (Wildman–Crippen LogP) is 5.17. The molecule has 0 radical (unpaired) electrons. The zero-order chi connectivity index (χ0) is 24.4. The molecule has 2 aliphatic rings. The molecule has 178 valence electrons. The molecule has 5 rings (SSSR count). The number of aryl methyl sites for hydroxylation is 1. The Morgan fingerprint density at radius 2 is 1.80 bits per heavy atom. The van der Waals surface area contributed by atoms with Gasteiger partial charge in [0.1, 0.15) is 13.2 Å². The van der Waals surface area contributed by atoms with Crippen molar-refractivity contribution < 1.29 is 19.1 Å². The lowest BCUT2D eigenvalue weighted by molar-refractivity contribution is -0.118. The Kier molecular flexibility index (Phi) is 6.51. The van der Waals surface area contributed by atoms with Gasteiger partial charge in [0.05, 0.1) is 23.2 Å². The fourth-order valence-electron chi connectivity index (χ4n) is 4.08. The quantitative estimate of drug-likeness (QED) is 0.504. The normalized spacial score (nSPS) is 16.6. The van der Waals surface area contributed by atoms with E-state index in [9.17, 15) is 9.59 Å². The first-order valence-corrected chi connectivity index (χ1v) is 12.4. The number of para-hydroxylation sites is 1. The molecule has 2 aliphatic heterocycles. The van der Waals surface area contributed by atoms with Crippen LogP contribution in [0.5, 0.6) is 11.5 Å². The third-order valence-electron chi connectivity index (χ3n) is 5.98. The average molecular weight is 487 g/mol. The van der Waals surface area contributed by atoms with Crippen LogP contribution in [-0.2, 0) is 16.1 Å². The van der Waals surface area contributed by atoms with Crippen molar-refractivity contribution in [2.45, 2.75) is 31.3 Å². The summed E-state index contributed by atoms with van der Waals surface area (Å²) in [5.41, 5.74) is 3.95. The fraction of sp³-hybridized carbons (Fsp3) is 0.214. The van der Waals surface area contributed by atoms with Crippen molar-refractivity contribution in [3.05, 3.63) is 94.4 Å². The van der Waals surface area contributed by atoms with Crippen molar-refractivity contribution in [2.24, 2.45) is 0 Å². The fourth-order valence-corrected chi connectivity index (χ4v) is 5.11. The van der Waals surface area contributed by atoms with Crippen LogP contribution in [-0.4, -0.2) is 25.0 Å². The monoisotopic (exact) mass is 486 g/mol. The van der Waals surface area contributed by atoms with Gasteiger partial charge in [0.2, 0.25) is 5.91 Å². The number of thioether (sulfide) groups is 1. The van der Waals surface area contributed by atoms with Crippen molar-refractivity contribution in [3.63, 3.8) is 0 Å². The van der Waals surface area contributed by atoms with Gasteiger partial charge in [-0.15, -0.1) is 0 Å². The number of amides is 2. The van der Waals surface area contributed by atoms with Crippen LogP contribution in [0.4, 0.5) is 5.69 Å². The van der Waals surface area contributed by atoms with Crippen LogP contribution in [0.2, 0.25) is 0 Å². The van der Waals surface area contributed by atoms with Crippen molar-refractivity contribution in [3.8, 4) is 11.5 Å². The maximum absolute atomic E-state index is 13.4. The van der Waals surface area contributed by atoms with Gasteiger partial charge in [0.15, 0.2) is 11.5 Å². The molecule has 1 atom stereocenters. The van der Waals surface area contributed by atoms with Crippen LogP contribution in [0.15, 0.2) is 82.6 Å². The predicted molar refractivity (Wildman–Crippen MR) is 137 cm³/mol. The number of nitrogens with one attached hydrogen (secondary N) is 1. The van der Waals surface area contributed by atoms with E-state index in [0.717, 1.165) is 21.7 Å². The van der Waals surface area contributed by atoms with E-state index in [0.29, 0.717) is 36.2 Å². The van der Waals surface area contributed by atoms with E-state index in [1.807, 2.05) is 80.6 Å². The number of carbonyl (C=O) groups is 2. The van der Waals surface area contributed by atoms with Gasteiger partial charge in [0, 0.05) is 11.0 Å². The molecule has 0 aromatic heterocycles. The third-order valence-corrected chi connectivity index (χ3v) is 7.06. The summed E-state index contributed by atoms with van der Waals surface area (Å²) in [4.78, 5) is 29.4. The molecule has 0 saturated heterocycles. The second-order valence-corrected chi connectivity index (χ2v) is 9.67. The molecular weight excluding hydrogens is 460 g/mol. The zero-order valence-electron chi connectivity index (χ0n) is 19.6. The topological polar surface area (TPSA) is 67.9 Å². The number of anilines is 1. The van der Waals surface area contributed by atoms with Crippen LogP contribution in [0, 0.1) is 6.92 Å². The lowest BCUT2D eigenvalue weighted by Gasteiger charge is -2.30. The summed E-state index contributed by atoms with van der Waals surface area (Å²) in [6.45, 7) is 5.40. The Morgan fingerprint density at radius 3 is 2.60 bits per heavy atom. The minimum absolute atomic E-state index is 0.184. The second kappa shape index (κ2) is 9.88. The summed E-state index contributed by atoms with van der Waals surface area (Å²) in [6, 6.07) is 21.3. The molecule has 0 fully saturated rings. The molecule has 0 spiro atoms. The number of rotatable bonds is 5. The highest BCUT2D eigenvalue weighted by atomic mass is 32.2. The Morgan fingerprint density at radius 1 is 1.06 bits per heavy atom. The number of fused-ring (bicyclic) bond motifs is 2. The molecular formula is C28H26N2O4S. The largest absolute Gasteiger partial charge is 0.486 e.